The topological polar surface area (TPSA) is 26.3 Å². The molecule has 0 spiro atoms. The molecular formula is C10H16O2. The number of hydrogen-bond donors (Lipinski definition) is 0. The maximum atomic E-state index is 11.3. The third-order valence-electron chi connectivity index (χ3n) is 2.18. The normalized spacial score (nSPS) is 18.7. The molecule has 1 heterocycles. The predicted molar refractivity (Wildman–Crippen MR) is 48.1 cm³/mol. The molecule has 0 aliphatic carbocycles. The molecule has 68 valence electrons. The SMILES string of the molecule is CCCC1=C(CC)C(=O)COC1. The molecule has 0 amide bonds. The molecule has 0 saturated carbocycles. The largest absolute Gasteiger partial charge is 0.369 e. The van der Waals surface area contributed by atoms with Crippen molar-refractivity contribution in [3.05, 3.63) is 11.1 Å². The lowest BCUT2D eigenvalue weighted by molar-refractivity contribution is -0.121. The molecule has 12 heavy (non-hydrogen) atoms. The first-order valence-electron chi connectivity index (χ1n) is 4.61. The summed E-state index contributed by atoms with van der Waals surface area (Å²) in [6.07, 6.45) is 2.96. The first kappa shape index (κ1) is 9.46. The lowest BCUT2D eigenvalue weighted by Crippen LogP contribution is -2.21. The lowest BCUT2D eigenvalue weighted by atomic mass is 9.97. The Hall–Kier alpha value is -0.630. The van der Waals surface area contributed by atoms with E-state index < -0.39 is 0 Å². The Kier molecular flexibility index (Phi) is 3.48. The number of carbonyl (C=O) groups is 1. The van der Waals surface area contributed by atoms with E-state index in [1.54, 1.807) is 0 Å². The van der Waals surface area contributed by atoms with Crippen LogP contribution in [0.5, 0.6) is 0 Å². The molecule has 0 N–H and O–H groups in total. The molecule has 0 radical (unpaired) electrons. The molecule has 0 bridgehead atoms. The van der Waals surface area contributed by atoms with Crippen LogP contribution in [0.15, 0.2) is 11.1 Å². The maximum Gasteiger partial charge on any atom is 0.184 e. The van der Waals surface area contributed by atoms with Gasteiger partial charge in [-0.25, -0.2) is 0 Å². The summed E-state index contributed by atoms with van der Waals surface area (Å²) in [5.74, 6) is 0.187. The van der Waals surface area contributed by atoms with Gasteiger partial charge < -0.3 is 4.74 Å². The molecule has 2 heteroatoms. The average molecular weight is 168 g/mol. The molecule has 2 nitrogen and oxygen atoms in total. The average Bonchev–Trinajstić information content (AvgIpc) is 2.05. The zero-order chi connectivity index (χ0) is 8.97. The van der Waals surface area contributed by atoms with Crippen molar-refractivity contribution in [2.75, 3.05) is 13.2 Å². The monoisotopic (exact) mass is 168 g/mol. The number of ketones is 1. The first-order valence-corrected chi connectivity index (χ1v) is 4.61. The number of Topliss-reactive ketones (excluding diaryl/α,β-unsaturated/α-hetero) is 1. The van der Waals surface area contributed by atoms with Crippen LogP contribution in [0.25, 0.3) is 0 Å². The van der Waals surface area contributed by atoms with Gasteiger partial charge in [-0.15, -0.1) is 0 Å². The van der Waals surface area contributed by atoms with Crippen molar-refractivity contribution in [3.8, 4) is 0 Å². The summed E-state index contributed by atoms with van der Waals surface area (Å²) >= 11 is 0. The molecule has 0 aromatic heterocycles. The Labute approximate surface area is 73.6 Å². The van der Waals surface area contributed by atoms with Gasteiger partial charge in [0.05, 0.1) is 6.61 Å². The maximum absolute atomic E-state index is 11.3. The minimum atomic E-state index is 0.187. The predicted octanol–water partition coefficient (Wildman–Crippen LogP) is 2.09. The van der Waals surface area contributed by atoms with Crippen LogP contribution < -0.4 is 0 Å². The van der Waals surface area contributed by atoms with Crippen LogP contribution >= 0.6 is 0 Å². The van der Waals surface area contributed by atoms with E-state index in [1.165, 1.54) is 5.57 Å². The molecular weight excluding hydrogens is 152 g/mol. The summed E-state index contributed by atoms with van der Waals surface area (Å²) in [5, 5.41) is 0. The Morgan fingerprint density at radius 1 is 1.33 bits per heavy atom. The van der Waals surface area contributed by atoms with Gasteiger partial charge in [-0.3, -0.25) is 4.79 Å². The fraction of sp³-hybridized carbons (Fsp3) is 0.700. The summed E-state index contributed by atoms with van der Waals surface area (Å²) in [5.41, 5.74) is 2.24. The number of carbonyl (C=O) groups excluding carboxylic acids is 1. The number of rotatable bonds is 3. The van der Waals surface area contributed by atoms with E-state index in [0.717, 1.165) is 24.8 Å². The van der Waals surface area contributed by atoms with E-state index in [-0.39, 0.29) is 12.4 Å². The van der Waals surface area contributed by atoms with Gasteiger partial charge in [0.25, 0.3) is 0 Å². The van der Waals surface area contributed by atoms with Gasteiger partial charge >= 0.3 is 0 Å². The van der Waals surface area contributed by atoms with Crippen LogP contribution in [0, 0.1) is 0 Å². The molecule has 0 fully saturated rings. The van der Waals surface area contributed by atoms with Gasteiger partial charge in [0.15, 0.2) is 5.78 Å². The third-order valence-corrected chi connectivity index (χ3v) is 2.18. The smallest absolute Gasteiger partial charge is 0.184 e. The minimum absolute atomic E-state index is 0.187. The van der Waals surface area contributed by atoms with E-state index in [0.29, 0.717) is 6.61 Å². The minimum Gasteiger partial charge on any atom is -0.369 e. The zero-order valence-electron chi connectivity index (χ0n) is 7.85. The summed E-state index contributed by atoms with van der Waals surface area (Å²) < 4.78 is 5.17. The Balaban J connectivity index is 2.78. The highest BCUT2D eigenvalue weighted by Crippen LogP contribution is 2.19. The summed E-state index contributed by atoms with van der Waals surface area (Å²) in [7, 11) is 0. The van der Waals surface area contributed by atoms with Gasteiger partial charge in [0.2, 0.25) is 0 Å². The first-order chi connectivity index (χ1) is 5.79. The van der Waals surface area contributed by atoms with Crippen LogP contribution in [-0.2, 0) is 9.53 Å². The second-order valence-corrected chi connectivity index (χ2v) is 3.10. The van der Waals surface area contributed by atoms with Crippen LogP contribution in [0.3, 0.4) is 0 Å². The van der Waals surface area contributed by atoms with Crippen LogP contribution in [0.4, 0.5) is 0 Å². The molecule has 0 atom stereocenters. The highest BCUT2D eigenvalue weighted by molar-refractivity contribution is 5.97. The van der Waals surface area contributed by atoms with E-state index in [4.69, 9.17) is 4.74 Å². The van der Waals surface area contributed by atoms with E-state index in [2.05, 4.69) is 6.92 Å². The van der Waals surface area contributed by atoms with E-state index >= 15 is 0 Å². The van der Waals surface area contributed by atoms with Crippen molar-refractivity contribution in [1.29, 1.82) is 0 Å². The third kappa shape index (κ3) is 1.95. The van der Waals surface area contributed by atoms with Crippen molar-refractivity contribution in [3.63, 3.8) is 0 Å². The summed E-state index contributed by atoms with van der Waals surface area (Å²) in [6.45, 7) is 5.12. The Morgan fingerprint density at radius 2 is 2.08 bits per heavy atom. The van der Waals surface area contributed by atoms with Crippen molar-refractivity contribution >= 4 is 5.78 Å². The molecule has 1 aliphatic rings. The molecule has 0 unspecified atom stereocenters. The fourth-order valence-corrected chi connectivity index (χ4v) is 1.61. The zero-order valence-corrected chi connectivity index (χ0v) is 7.85. The van der Waals surface area contributed by atoms with E-state index in [1.807, 2.05) is 6.92 Å². The van der Waals surface area contributed by atoms with E-state index in [9.17, 15) is 4.79 Å². The Bertz CT molecular complexity index is 204. The second-order valence-electron chi connectivity index (χ2n) is 3.10. The second kappa shape index (κ2) is 4.41. The van der Waals surface area contributed by atoms with Gasteiger partial charge in [0, 0.05) is 0 Å². The Morgan fingerprint density at radius 3 is 2.67 bits per heavy atom. The van der Waals surface area contributed by atoms with Crippen molar-refractivity contribution in [1.82, 2.24) is 0 Å². The molecule has 0 saturated heterocycles. The van der Waals surface area contributed by atoms with Crippen molar-refractivity contribution in [2.45, 2.75) is 33.1 Å². The molecule has 1 rings (SSSR count). The molecule has 1 aliphatic heterocycles. The highest BCUT2D eigenvalue weighted by Gasteiger charge is 2.18. The van der Waals surface area contributed by atoms with Gasteiger partial charge in [-0.05, 0) is 24.0 Å². The number of ether oxygens (including phenoxy) is 1. The van der Waals surface area contributed by atoms with Gasteiger partial charge in [0.1, 0.15) is 6.61 Å². The standard InChI is InChI=1S/C10H16O2/c1-3-5-8-6-12-7-10(11)9(8)4-2/h3-7H2,1-2H3. The number of hydrogen-bond acceptors (Lipinski definition) is 2. The molecule has 0 aromatic rings. The van der Waals surface area contributed by atoms with Crippen LogP contribution in [-0.4, -0.2) is 19.0 Å². The fourth-order valence-electron chi connectivity index (χ4n) is 1.61. The highest BCUT2D eigenvalue weighted by atomic mass is 16.5. The quantitative estimate of drug-likeness (QED) is 0.645. The lowest BCUT2D eigenvalue weighted by Gasteiger charge is -2.18. The van der Waals surface area contributed by atoms with Crippen molar-refractivity contribution < 1.29 is 9.53 Å². The van der Waals surface area contributed by atoms with Crippen molar-refractivity contribution in [2.24, 2.45) is 0 Å². The van der Waals surface area contributed by atoms with Crippen LogP contribution in [0.1, 0.15) is 33.1 Å². The summed E-state index contributed by atoms with van der Waals surface area (Å²) in [6, 6.07) is 0. The molecule has 0 aromatic carbocycles. The van der Waals surface area contributed by atoms with Crippen LogP contribution in [0.2, 0.25) is 0 Å². The van der Waals surface area contributed by atoms with Gasteiger partial charge in [-0.2, -0.15) is 0 Å². The van der Waals surface area contributed by atoms with Gasteiger partial charge in [-0.1, -0.05) is 20.3 Å². The summed E-state index contributed by atoms with van der Waals surface area (Å²) in [4.78, 5) is 11.3.